The summed E-state index contributed by atoms with van der Waals surface area (Å²) in [7, 11) is 1.64. The molecule has 1 aliphatic carbocycles. The van der Waals surface area contributed by atoms with Gasteiger partial charge in [-0.2, -0.15) is 9.49 Å². The minimum Gasteiger partial charge on any atom is -0.497 e. The molecular formula is C23H20ClFN6O2. The van der Waals surface area contributed by atoms with Crippen molar-refractivity contribution in [3.63, 3.8) is 0 Å². The molecular weight excluding hydrogens is 447 g/mol. The van der Waals surface area contributed by atoms with Crippen LogP contribution in [0.4, 0.5) is 15.8 Å². The van der Waals surface area contributed by atoms with E-state index in [0.717, 1.165) is 35.9 Å². The van der Waals surface area contributed by atoms with Crippen molar-refractivity contribution in [3.05, 3.63) is 77.2 Å². The van der Waals surface area contributed by atoms with Gasteiger partial charge in [0, 0.05) is 36.6 Å². The van der Waals surface area contributed by atoms with Crippen LogP contribution in [0.25, 0.3) is 5.65 Å². The van der Waals surface area contributed by atoms with E-state index < -0.39 is 11.9 Å². The highest BCUT2D eigenvalue weighted by atomic mass is 35.5. The molecule has 0 radical (unpaired) electrons. The molecule has 0 unspecified atom stereocenters. The Morgan fingerprint density at radius 2 is 2.03 bits per heavy atom. The lowest BCUT2D eigenvalue weighted by molar-refractivity contribution is 0.102. The van der Waals surface area contributed by atoms with Crippen LogP contribution in [0.5, 0.6) is 5.75 Å². The summed E-state index contributed by atoms with van der Waals surface area (Å²) < 4.78 is 20.1. The predicted molar refractivity (Wildman–Crippen MR) is 122 cm³/mol. The average molecular weight is 467 g/mol. The number of methoxy groups -OCH3 is 1. The third-order valence-corrected chi connectivity index (χ3v) is 5.63. The van der Waals surface area contributed by atoms with Crippen LogP contribution in [0.1, 0.15) is 28.9 Å². The van der Waals surface area contributed by atoms with Crippen LogP contribution >= 0.6 is 11.6 Å². The van der Waals surface area contributed by atoms with Crippen molar-refractivity contribution in [3.8, 4) is 5.75 Å². The Labute approximate surface area is 194 Å². The first-order valence-corrected chi connectivity index (χ1v) is 10.8. The van der Waals surface area contributed by atoms with Gasteiger partial charge < -0.3 is 15.0 Å². The van der Waals surface area contributed by atoms with Crippen LogP contribution in [0.2, 0.25) is 5.15 Å². The van der Waals surface area contributed by atoms with Gasteiger partial charge in [0.25, 0.3) is 5.91 Å². The third kappa shape index (κ3) is 4.45. The summed E-state index contributed by atoms with van der Waals surface area (Å²) in [6, 6.07) is 12.6. The molecule has 0 saturated heterocycles. The van der Waals surface area contributed by atoms with E-state index in [4.69, 9.17) is 16.3 Å². The van der Waals surface area contributed by atoms with Crippen molar-refractivity contribution < 1.29 is 13.9 Å². The van der Waals surface area contributed by atoms with Crippen molar-refractivity contribution in [1.82, 2.24) is 19.6 Å². The number of nitrogens with one attached hydrogen (secondary N) is 1. The second-order valence-electron chi connectivity index (χ2n) is 7.76. The van der Waals surface area contributed by atoms with Crippen molar-refractivity contribution >= 4 is 34.5 Å². The molecule has 168 valence electrons. The first-order chi connectivity index (χ1) is 16.0. The third-order valence-electron chi connectivity index (χ3n) is 5.44. The number of amides is 1. The summed E-state index contributed by atoms with van der Waals surface area (Å²) in [5.74, 6) is -0.376. The number of hydrogen-bond acceptors (Lipinski definition) is 6. The number of fused-ring (bicyclic) bond motifs is 1. The quantitative estimate of drug-likeness (QED) is 0.408. The molecule has 10 heteroatoms. The molecule has 3 heterocycles. The second kappa shape index (κ2) is 8.67. The zero-order valence-electron chi connectivity index (χ0n) is 17.7. The summed E-state index contributed by atoms with van der Waals surface area (Å²) in [5.41, 5.74) is 2.89. The summed E-state index contributed by atoms with van der Waals surface area (Å²) in [4.78, 5) is 23.1. The van der Waals surface area contributed by atoms with E-state index >= 15 is 0 Å². The van der Waals surface area contributed by atoms with Crippen molar-refractivity contribution in [2.45, 2.75) is 25.4 Å². The van der Waals surface area contributed by atoms with Crippen LogP contribution in [0.3, 0.4) is 0 Å². The topological polar surface area (TPSA) is 84.7 Å². The zero-order valence-corrected chi connectivity index (χ0v) is 18.5. The van der Waals surface area contributed by atoms with Crippen molar-refractivity contribution in [2.24, 2.45) is 0 Å². The predicted octanol–water partition coefficient (Wildman–Crippen LogP) is 4.35. The lowest BCUT2D eigenvalue weighted by Gasteiger charge is -2.25. The van der Waals surface area contributed by atoms with Crippen LogP contribution in [-0.2, 0) is 6.54 Å². The Kier molecular flexibility index (Phi) is 5.55. The number of pyridine rings is 1. The number of imidazole rings is 1. The van der Waals surface area contributed by atoms with Crippen LogP contribution in [0, 0.1) is 5.95 Å². The van der Waals surface area contributed by atoms with E-state index in [9.17, 15) is 9.18 Å². The van der Waals surface area contributed by atoms with Gasteiger partial charge in [0.05, 0.1) is 19.0 Å². The number of ether oxygens (including phenoxy) is 1. The Morgan fingerprint density at radius 1 is 1.24 bits per heavy atom. The maximum absolute atomic E-state index is 13.4. The SMILES string of the molecule is COc1ccc(CN(c2cc(Cl)nn3c(C(=O)Nc4ccnc(F)c4)cnc23)C2CC2)cc1. The highest BCUT2D eigenvalue weighted by molar-refractivity contribution is 6.29. The van der Waals surface area contributed by atoms with Gasteiger partial charge in [0.15, 0.2) is 16.5 Å². The smallest absolute Gasteiger partial charge is 0.276 e. The van der Waals surface area contributed by atoms with Gasteiger partial charge in [-0.25, -0.2) is 14.5 Å². The molecule has 4 aromatic rings. The Morgan fingerprint density at radius 3 is 2.73 bits per heavy atom. The summed E-state index contributed by atoms with van der Waals surface area (Å²) in [5, 5.41) is 7.18. The number of halogens is 2. The molecule has 8 nitrogen and oxygen atoms in total. The van der Waals surface area contributed by atoms with Gasteiger partial charge in [-0.1, -0.05) is 23.7 Å². The monoisotopic (exact) mass is 466 g/mol. The van der Waals surface area contributed by atoms with E-state index in [1.165, 1.54) is 23.0 Å². The highest BCUT2D eigenvalue weighted by Crippen LogP contribution is 2.36. The van der Waals surface area contributed by atoms with Crippen molar-refractivity contribution in [2.75, 3.05) is 17.3 Å². The van der Waals surface area contributed by atoms with E-state index in [0.29, 0.717) is 18.2 Å². The molecule has 0 bridgehead atoms. The zero-order chi connectivity index (χ0) is 22.9. The molecule has 1 fully saturated rings. The van der Waals surface area contributed by atoms with Crippen LogP contribution in [0.15, 0.2) is 54.9 Å². The first-order valence-electron chi connectivity index (χ1n) is 10.4. The molecule has 1 aliphatic rings. The fourth-order valence-electron chi connectivity index (χ4n) is 3.69. The number of nitrogens with zero attached hydrogens (tertiary/aromatic N) is 5. The number of benzene rings is 1. The summed E-state index contributed by atoms with van der Waals surface area (Å²) in [6.45, 7) is 0.648. The van der Waals surface area contributed by atoms with Gasteiger partial charge >= 0.3 is 0 Å². The van der Waals surface area contributed by atoms with Gasteiger partial charge in [-0.05, 0) is 36.6 Å². The largest absolute Gasteiger partial charge is 0.497 e. The molecule has 0 aliphatic heterocycles. The Hall–Kier alpha value is -3.72. The normalized spacial score (nSPS) is 13.2. The Bertz CT molecular complexity index is 1320. The second-order valence-corrected chi connectivity index (χ2v) is 8.15. The fraction of sp³-hybridized carbons (Fsp3) is 0.217. The molecule has 0 spiro atoms. The molecule has 33 heavy (non-hydrogen) atoms. The number of aromatic nitrogens is 4. The van der Waals surface area contributed by atoms with Gasteiger partial charge in [-0.3, -0.25) is 4.79 Å². The van der Waals surface area contributed by atoms with Crippen molar-refractivity contribution in [1.29, 1.82) is 0 Å². The van der Waals surface area contributed by atoms with Gasteiger partial charge in [-0.15, -0.1) is 0 Å². The average Bonchev–Trinajstić information content (AvgIpc) is 3.56. The standard InChI is InChI=1S/C23H20ClFN6O2/c1-33-17-6-2-14(3-7-17)13-30(16-4-5-16)18-11-20(24)29-31-19(12-27-22(18)31)23(32)28-15-8-9-26-21(25)10-15/h2-3,6-12,16H,4-5,13H2,1H3,(H,26,28,32). The maximum Gasteiger partial charge on any atom is 0.276 e. The molecule has 0 atom stereocenters. The molecule has 1 saturated carbocycles. The Balaban J connectivity index is 1.49. The molecule has 1 amide bonds. The molecule has 1 N–H and O–H groups in total. The minimum absolute atomic E-state index is 0.186. The minimum atomic E-state index is -0.687. The summed E-state index contributed by atoms with van der Waals surface area (Å²) >= 11 is 6.36. The number of rotatable bonds is 7. The van der Waals surface area contributed by atoms with E-state index in [1.54, 1.807) is 13.2 Å². The van der Waals surface area contributed by atoms with Gasteiger partial charge in [0.2, 0.25) is 5.95 Å². The summed E-state index contributed by atoms with van der Waals surface area (Å²) in [6.07, 6.45) is 4.83. The lowest BCUT2D eigenvalue weighted by atomic mass is 10.2. The van der Waals surface area contributed by atoms with E-state index in [1.807, 2.05) is 24.3 Å². The van der Waals surface area contributed by atoms with Crippen LogP contribution < -0.4 is 15.0 Å². The number of carbonyl (C=O) groups excluding carboxylic acids is 1. The van der Waals surface area contributed by atoms with E-state index in [-0.39, 0.29) is 16.5 Å². The highest BCUT2D eigenvalue weighted by Gasteiger charge is 2.32. The van der Waals surface area contributed by atoms with Crippen LogP contribution in [-0.4, -0.2) is 38.6 Å². The molecule has 5 rings (SSSR count). The lowest BCUT2D eigenvalue weighted by Crippen LogP contribution is -2.26. The van der Waals surface area contributed by atoms with Gasteiger partial charge in [0.1, 0.15) is 5.75 Å². The first kappa shape index (κ1) is 21.1. The molecule has 1 aromatic carbocycles. The number of carbonyl (C=O) groups is 1. The maximum atomic E-state index is 13.4. The number of anilines is 2. The number of hydrogen-bond donors (Lipinski definition) is 1. The fourth-order valence-corrected chi connectivity index (χ4v) is 3.87. The van der Waals surface area contributed by atoms with E-state index in [2.05, 4.69) is 25.3 Å². The molecule has 3 aromatic heterocycles.